The van der Waals surface area contributed by atoms with Gasteiger partial charge in [0.15, 0.2) is 5.13 Å². The largest absolute Gasteiger partial charge is 0.362 e. The van der Waals surface area contributed by atoms with Gasteiger partial charge in [0.2, 0.25) is 0 Å². The zero-order valence-corrected chi connectivity index (χ0v) is 10.9. The van der Waals surface area contributed by atoms with Crippen molar-refractivity contribution < 1.29 is 0 Å². The zero-order chi connectivity index (χ0) is 11.2. The Morgan fingerprint density at radius 1 is 1.31 bits per heavy atom. The first-order valence-corrected chi connectivity index (χ1v) is 7.24. The Balaban J connectivity index is 1.88. The molecule has 3 nitrogen and oxygen atoms in total. The quantitative estimate of drug-likeness (QED) is 0.794. The van der Waals surface area contributed by atoms with Gasteiger partial charge in [-0.05, 0) is 6.42 Å². The Morgan fingerprint density at radius 2 is 2.25 bits per heavy atom. The van der Waals surface area contributed by atoms with Gasteiger partial charge in [0, 0.05) is 18.1 Å². The van der Waals surface area contributed by atoms with Gasteiger partial charge in [-0.1, -0.05) is 31.1 Å². The standard InChI is InChI=1S/C11H15N3S2/c1-2-3-4-5-12-11-13-6-10(16-11)9-7-15-8-14-9/h6-8H,2-5H2,1H3,(H,12,13). The molecule has 0 atom stereocenters. The number of hydrogen-bond donors (Lipinski definition) is 1. The maximum atomic E-state index is 4.34. The van der Waals surface area contributed by atoms with Crippen LogP contribution in [0, 0.1) is 0 Å². The van der Waals surface area contributed by atoms with E-state index in [-0.39, 0.29) is 0 Å². The molecule has 0 aliphatic rings. The Labute approximate surface area is 104 Å². The zero-order valence-electron chi connectivity index (χ0n) is 9.27. The second-order valence-corrected chi connectivity index (χ2v) is 5.29. The van der Waals surface area contributed by atoms with E-state index in [0.717, 1.165) is 22.2 Å². The number of unbranched alkanes of at least 4 members (excludes halogenated alkanes) is 2. The fourth-order valence-electron chi connectivity index (χ4n) is 1.38. The summed E-state index contributed by atoms with van der Waals surface area (Å²) in [5.74, 6) is 0. The highest BCUT2D eigenvalue weighted by atomic mass is 32.1. The van der Waals surface area contributed by atoms with Crippen molar-refractivity contribution in [3.8, 4) is 10.6 Å². The van der Waals surface area contributed by atoms with E-state index in [4.69, 9.17) is 0 Å². The van der Waals surface area contributed by atoms with Crippen LogP contribution in [0.2, 0.25) is 0 Å². The highest BCUT2D eigenvalue weighted by Gasteiger charge is 2.05. The molecule has 2 rings (SSSR count). The summed E-state index contributed by atoms with van der Waals surface area (Å²) in [7, 11) is 0. The molecule has 2 aromatic heterocycles. The lowest BCUT2D eigenvalue weighted by molar-refractivity contribution is 0.743. The Bertz CT molecular complexity index is 409. The summed E-state index contributed by atoms with van der Waals surface area (Å²) in [6.45, 7) is 3.22. The van der Waals surface area contributed by atoms with Crippen molar-refractivity contribution in [3.63, 3.8) is 0 Å². The molecule has 16 heavy (non-hydrogen) atoms. The molecule has 0 saturated heterocycles. The number of thiazole rings is 2. The predicted molar refractivity (Wildman–Crippen MR) is 71.2 cm³/mol. The Morgan fingerprint density at radius 3 is 3.00 bits per heavy atom. The van der Waals surface area contributed by atoms with Gasteiger partial charge in [0.05, 0.1) is 16.1 Å². The number of aromatic nitrogens is 2. The molecule has 0 radical (unpaired) electrons. The van der Waals surface area contributed by atoms with Crippen LogP contribution in [0.4, 0.5) is 5.13 Å². The van der Waals surface area contributed by atoms with Gasteiger partial charge < -0.3 is 5.32 Å². The first-order valence-electron chi connectivity index (χ1n) is 5.48. The SMILES string of the molecule is CCCCCNc1ncc(-c2cscn2)s1. The second kappa shape index (κ2) is 5.96. The van der Waals surface area contributed by atoms with Gasteiger partial charge in [-0.2, -0.15) is 0 Å². The van der Waals surface area contributed by atoms with E-state index < -0.39 is 0 Å². The third kappa shape index (κ3) is 3.02. The topological polar surface area (TPSA) is 37.8 Å². The van der Waals surface area contributed by atoms with Crippen LogP contribution in [0.1, 0.15) is 26.2 Å². The van der Waals surface area contributed by atoms with Gasteiger partial charge in [-0.25, -0.2) is 9.97 Å². The van der Waals surface area contributed by atoms with Crippen molar-refractivity contribution in [3.05, 3.63) is 17.1 Å². The molecule has 0 bridgehead atoms. The fourth-order valence-corrected chi connectivity index (χ4v) is 2.81. The monoisotopic (exact) mass is 253 g/mol. The molecule has 1 N–H and O–H groups in total. The van der Waals surface area contributed by atoms with E-state index >= 15 is 0 Å². The summed E-state index contributed by atoms with van der Waals surface area (Å²) in [4.78, 5) is 9.75. The molecule has 2 heterocycles. The first kappa shape index (κ1) is 11.5. The molecule has 5 heteroatoms. The lowest BCUT2D eigenvalue weighted by Gasteiger charge is -1.99. The third-order valence-corrected chi connectivity index (χ3v) is 3.81. The fraction of sp³-hybridized carbons (Fsp3) is 0.455. The first-order chi connectivity index (χ1) is 7.90. The normalized spacial score (nSPS) is 10.6. The van der Waals surface area contributed by atoms with Crippen molar-refractivity contribution in [1.29, 1.82) is 0 Å². The summed E-state index contributed by atoms with van der Waals surface area (Å²) in [5.41, 5.74) is 2.88. The van der Waals surface area contributed by atoms with Crippen LogP contribution in [0.3, 0.4) is 0 Å². The average molecular weight is 253 g/mol. The highest BCUT2D eigenvalue weighted by Crippen LogP contribution is 2.28. The van der Waals surface area contributed by atoms with Crippen LogP contribution in [-0.4, -0.2) is 16.5 Å². The summed E-state index contributed by atoms with van der Waals surface area (Å²) in [5, 5.41) is 6.39. The van der Waals surface area contributed by atoms with Crippen LogP contribution in [0.25, 0.3) is 10.6 Å². The van der Waals surface area contributed by atoms with Crippen LogP contribution >= 0.6 is 22.7 Å². The number of nitrogens with one attached hydrogen (secondary N) is 1. The van der Waals surface area contributed by atoms with E-state index in [1.54, 1.807) is 22.7 Å². The van der Waals surface area contributed by atoms with E-state index in [2.05, 4.69) is 22.2 Å². The molecule has 86 valence electrons. The minimum atomic E-state index is 0.999. The lowest BCUT2D eigenvalue weighted by Crippen LogP contribution is -1.99. The molecule has 0 aromatic carbocycles. The molecule has 0 unspecified atom stereocenters. The summed E-state index contributed by atoms with van der Waals surface area (Å²) in [6.07, 6.45) is 5.63. The van der Waals surface area contributed by atoms with E-state index in [1.165, 1.54) is 19.3 Å². The number of hydrogen-bond acceptors (Lipinski definition) is 5. The van der Waals surface area contributed by atoms with Crippen LogP contribution in [0.15, 0.2) is 17.1 Å². The summed E-state index contributed by atoms with van der Waals surface area (Å²) >= 11 is 3.29. The van der Waals surface area contributed by atoms with Crippen molar-refractivity contribution in [2.45, 2.75) is 26.2 Å². The molecule has 2 aromatic rings. The van der Waals surface area contributed by atoms with E-state index in [9.17, 15) is 0 Å². The van der Waals surface area contributed by atoms with Crippen LogP contribution in [0.5, 0.6) is 0 Å². The molecule has 0 aliphatic heterocycles. The molecule has 0 spiro atoms. The van der Waals surface area contributed by atoms with Crippen LogP contribution < -0.4 is 5.32 Å². The van der Waals surface area contributed by atoms with Crippen molar-refractivity contribution in [2.24, 2.45) is 0 Å². The van der Waals surface area contributed by atoms with Gasteiger partial charge in [-0.3, -0.25) is 0 Å². The molecular formula is C11H15N3S2. The molecule has 0 aliphatic carbocycles. The van der Waals surface area contributed by atoms with E-state index in [1.807, 2.05) is 17.1 Å². The van der Waals surface area contributed by atoms with Gasteiger partial charge in [0.25, 0.3) is 0 Å². The summed E-state index contributed by atoms with van der Waals surface area (Å²) in [6, 6.07) is 0. The van der Waals surface area contributed by atoms with Crippen molar-refractivity contribution in [2.75, 3.05) is 11.9 Å². The average Bonchev–Trinajstić information content (AvgIpc) is 2.94. The number of rotatable bonds is 6. The highest BCUT2D eigenvalue weighted by molar-refractivity contribution is 7.19. The minimum absolute atomic E-state index is 0.999. The molecule has 0 amide bonds. The second-order valence-electron chi connectivity index (χ2n) is 3.54. The summed E-state index contributed by atoms with van der Waals surface area (Å²) < 4.78 is 0. The molecular weight excluding hydrogens is 238 g/mol. The smallest absolute Gasteiger partial charge is 0.183 e. The number of anilines is 1. The minimum Gasteiger partial charge on any atom is -0.362 e. The van der Waals surface area contributed by atoms with E-state index in [0.29, 0.717) is 0 Å². The number of nitrogens with zero attached hydrogens (tertiary/aromatic N) is 2. The van der Waals surface area contributed by atoms with Gasteiger partial charge >= 0.3 is 0 Å². The maximum absolute atomic E-state index is 4.34. The molecule has 0 fully saturated rings. The van der Waals surface area contributed by atoms with Crippen LogP contribution in [-0.2, 0) is 0 Å². The maximum Gasteiger partial charge on any atom is 0.183 e. The Kier molecular flexibility index (Phi) is 4.30. The van der Waals surface area contributed by atoms with Crippen molar-refractivity contribution >= 4 is 27.8 Å². The van der Waals surface area contributed by atoms with Gasteiger partial charge in [-0.15, -0.1) is 11.3 Å². The molecule has 0 saturated carbocycles. The van der Waals surface area contributed by atoms with Gasteiger partial charge in [0.1, 0.15) is 0 Å². The van der Waals surface area contributed by atoms with Crippen molar-refractivity contribution in [1.82, 2.24) is 9.97 Å². The third-order valence-electron chi connectivity index (χ3n) is 2.25. The Hall–Kier alpha value is -0.940. The lowest BCUT2D eigenvalue weighted by atomic mass is 10.2. The predicted octanol–water partition coefficient (Wildman–Crippen LogP) is 3.87.